The Kier molecular flexibility index (Phi) is 6.14. The van der Waals surface area contributed by atoms with Crippen LogP contribution in [0.2, 0.25) is 0 Å². The number of hydrogen-bond donors (Lipinski definition) is 2. The van der Waals surface area contributed by atoms with Crippen LogP contribution in [0.3, 0.4) is 0 Å². The largest absolute Gasteiger partial charge is 0.476 e. The highest BCUT2D eigenvalue weighted by atomic mass is 19.4. The Balaban J connectivity index is 1.93. The standard InChI is InChI=1S/C22H20F3N3O3/c1-12-4-6-15(7-5-12)10-18-19(20(21(29)30)28-31-18)14(3)26-27-17-9-13(2)8-16(11-17)22(23,24)25/h4-9,11,27H,10H2,1-3H3,(H,29,30)/b26-14+. The van der Waals surface area contributed by atoms with Gasteiger partial charge in [-0.1, -0.05) is 35.0 Å². The van der Waals surface area contributed by atoms with Crippen LogP contribution >= 0.6 is 0 Å². The van der Waals surface area contributed by atoms with Gasteiger partial charge in [0.25, 0.3) is 0 Å². The lowest BCUT2D eigenvalue weighted by Gasteiger charge is -2.11. The van der Waals surface area contributed by atoms with Crippen molar-refractivity contribution < 1.29 is 27.6 Å². The van der Waals surface area contributed by atoms with E-state index >= 15 is 0 Å². The third kappa shape index (κ3) is 5.30. The molecule has 0 radical (unpaired) electrons. The SMILES string of the molecule is C/C(=N\Nc1cc(C)cc(C(F)(F)F)c1)c1c(C(=O)O)noc1Cc1ccc(C)cc1. The highest BCUT2D eigenvalue weighted by Crippen LogP contribution is 2.32. The summed E-state index contributed by atoms with van der Waals surface area (Å²) in [5.41, 5.74) is 4.35. The Morgan fingerprint density at radius 1 is 1.13 bits per heavy atom. The molecule has 0 aliphatic rings. The molecule has 0 aliphatic heterocycles. The van der Waals surface area contributed by atoms with E-state index in [0.29, 0.717) is 11.3 Å². The van der Waals surface area contributed by atoms with Crippen molar-refractivity contribution in [3.8, 4) is 0 Å². The van der Waals surface area contributed by atoms with Crippen molar-refractivity contribution in [1.82, 2.24) is 5.16 Å². The first-order valence-electron chi connectivity index (χ1n) is 9.31. The molecule has 9 heteroatoms. The minimum atomic E-state index is -4.49. The number of nitrogens with one attached hydrogen (secondary N) is 1. The quantitative estimate of drug-likeness (QED) is 0.401. The fourth-order valence-corrected chi connectivity index (χ4v) is 3.07. The molecule has 0 aliphatic carbocycles. The van der Waals surface area contributed by atoms with Crippen molar-refractivity contribution >= 4 is 17.4 Å². The van der Waals surface area contributed by atoms with E-state index in [9.17, 15) is 23.1 Å². The molecule has 0 spiro atoms. The van der Waals surface area contributed by atoms with E-state index < -0.39 is 17.7 Å². The zero-order valence-electron chi connectivity index (χ0n) is 17.0. The van der Waals surface area contributed by atoms with Gasteiger partial charge in [0.2, 0.25) is 5.69 Å². The molecule has 0 atom stereocenters. The number of nitrogens with zero attached hydrogens (tertiary/aromatic N) is 2. The highest BCUT2D eigenvalue weighted by molar-refractivity contribution is 6.07. The summed E-state index contributed by atoms with van der Waals surface area (Å²) in [6.45, 7) is 5.02. The van der Waals surface area contributed by atoms with E-state index in [2.05, 4.69) is 15.7 Å². The molecular formula is C22H20F3N3O3. The van der Waals surface area contributed by atoms with Gasteiger partial charge in [0.15, 0.2) is 5.76 Å². The number of anilines is 1. The van der Waals surface area contributed by atoms with Crippen molar-refractivity contribution in [1.29, 1.82) is 0 Å². The highest BCUT2D eigenvalue weighted by Gasteiger charge is 2.31. The van der Waals surface area contributed by atoms with Gasteiger partial charge >= 0.3 is 12.1 Å². The topological polar surface area (TPSA) is 87.7 Å². The number of alkyl halides is 3. The molecule has 1 aromatic heterocycles. The first kappa shape index (κ1) is 22.1. The third-order valence-corrected chi connectivity index (χ3v) is 4.57. The van der Waals surface area contributed by atoms with E-state index in [-0.39, 0.29) is 29.1 Å². The lowest BCUT2D eigenvalue weighted by atomic mass is 10.0. The number of halogens is 3. The van der Waals surface area contributed by atoms with E-state index in [0.717, 1.165) is 23.3 Å². The Morgan fingerprint density at radius 3 is 2.42 bits per heavy atom. The fourth-order valence-electron chi connectivity index (χ4n) is 3.07. The van der Waals surface area contributed by atoms with Gasteiger partial charge in [0.1, 0.15) is 0 Å². The second kappa shape index (κ2) is 8.63. The number of benzene rings is 2. The third-order valence-electron chi connectivity index (χ3n) is 4.57. The summed E-state index contributed by atoms with van der Waals surface area (Å²) in [6, 6.07) is 11.1. The molecule has 0 bridgehead atoms. The van der Waals surface area contributed by atoms with E-state index in [1.165, 1.54) is 13.0 Å². The Morgan fingerprint density at radius 2 is 1.81 bits per heavy atom. The molecule has 0 amide bonds. The summed E-state index contributed by atoms with van der Waals surface area (Å²) in [4.78, 5) is 11.6. The second-order valence-electron chi connectivity index (χ2n) is 7.19. The molecule has 2 N–H and O–H groups in total. The van der Waals surface area contributed by atoms with Gasteiger partial charge in [-0.15, -0.1) is 0 Å². The predicted molar refractivity (Wildman–Crippen MR) is 109 cm³/mol. The van der Waals surface area contributed by atoms with Crippen molar-refractivity contribution in [3.05, 3.63) is 81.7 Å². The minimum Gasteiger partial charge on any atom is -0.476 e. The van der Waals surface area contributed by atoms with E-state index in [1.807, 2.05) is 31.2 Å². The van der Waals surface area contributed by atoms with Gasteiger partial charge in [-0.25, -0.2) is 4.79 Å². The lowest BCUT2D eigenvalue weighted by molar-refractivity contribution is -0.137. The maximum Gasteiger partial charge on any atom is 0.416 e. The maximum atomic E-state index is 13.0. The summed E-state index contributed by atoms with van der Waals surface area (Å²) in [5.74, 6) is -0.997. The predicted octanol–water partition coefficient (Wildman–Crippen LogP) is 5.44. The van der Waals surface area contributed by atoms with Crippen LogP contribution < -0.4 is 5.43 Å². The molecule has 6 nitrogen and oxygen atoms in total. The number of rotatable bonds is 6. The number of aryl methyl sites for hydroxylation is 2. The smallest absolute Gasteiger partial charge is 0.416 e. The first-order chi connectivity index (χ1) is 14.5. The average molecular weight is 431 g/mol. The van der Waals surface area contributed by atoms with Crippen molar-refractivity contribution in [2.75, 3.05) is 5.43 Å². The van der Waals surface area contributed by atoms with Crippen LogP contribution in [-0.2, 0) is 12.6 Å². The molecule has 2 aromatic carbocycles. The number of hydrogen-bond acceptors (Lipinski definition) is 5. The van der Waals surface area contributed by atoms with Gasteiger partial charge in [0, 0.05) is 6.42 Å². The van der Waals surface area contributed by atoms with Gasteiger partial charge in [-0.2, -0.15) is 18.3 Å². The summed E-state index contributed by atoms with van der Waals surface area (Å²) in [7, 11) is 0. The van der Waals surface area contributed by atoms with Gasteiger partial charge in [0.05, 0.1) is 22.5 Å². The molecule has 0 fully saturated rings. The summed E-state index contributed by atoms with van der Waals surface area (Å²) in [5, 5.41) is 17.2. The Hall–Kier alpha value is -3.62. The molecule has 0 saturated heterocycles. The number of carboxylic acid groups (broad SMARTS) is 1. The zero-order valence-corrected chi connectivity index (χ0v) is 17.0. The monoisotopic (exact) mass is 431 g/mol. The minimum absolute atomic E-state index is 0.125. The van der Waals surface area contributed by atoms with Crippen LogP contribution in [0.4, 0.5) is 18.9 Å². The van der Waals surface area contributed by atoms with Crippen LogP contribution in [0, 0.1) is 13.8 Å². The maximum absolute atomic E-state index is 13.0. The number of aromatic nitrogens is 1. The Bertz CT molecular complexity index is 1130. The average Bonchev–Trinajstić information content (AvgIpc) is 3.11. The van der Waals surface area contributed by atoms with Crippen LogP contribution in [0.25, 0.3) is 0 Å². The van der Waals surface area contributed by atoms with E-state index in [4.69, 9.17) is 4.52 Å². The molecule has 31 heavy (non-hydrogen) atoms. The molecule has 3 aromatic rings. The summed E-state index contributed by atoms with van der Waals surface area (Å²) < 4.78 is 44.4. The number of aromatic carboxylic acids is 1. The van der Waals surface area contributed by atoms with Crippen LogP contribution in [0.1, 0.15) is 51.0 Å². The van der Waals surface area contributed by atoms with E-state index in [1.54, 1.807) is 6.92 Å². The van der Waals surface area contributed by atoms with Crippen molar-refractivity contribution in [2.45, 2.75) is 33.4 Å². The number of carbonyl (C=O) groups is 1. The summed E-state index contributed by atoms with van der Waals surface area (Å²) >= 11 is 0. The zero-order chi connectivity index (χ0) is 22.8. The molecule has 0 saturated carbocycles. The van der Waals surface area contributed by atoms with Gasteiger partial charge in [-0.3, -0.25) is 5.43 Å². The Labute approximate surface area is 176 Å². The normalized spacial score (nSPS) is 12.1. The van der Waals surface area contributed by atoms with Gasteiger partial charge < -0.3 is 9.63 Å². The van der Waals surface area contributed by atoms with Crippen molar-refractivity contribution in [2.24, 2.45) is 5.10 Å². The molecule has 1 heterocycles. The van der Waals surface area contributed by atoms with Crippen molar-refractivity contribution in [3.63, 3.8) is 0 Å². The number of hydrazone groups is 1. The number of carboxylic acids is 1. The van der Waals surface area contributed by atoms with Crippen LogP contribution in [0.5, 0.6) is 0 Å². The van der Waals surface area contributed by atoms with Crippen LogP contribution in [0.15, 0.2) is 52.1 Å². The molecule has 3 rings (SSSR count). The lowest BCUT2D eigenvalue weighted by Crippen LogP contribution is -2.10. The van der Waals surface area contributed by atoms with Crippen LogP contribution in [-0.4, -0.2) is 21.9 Å². The summed E-state index contributed by atoms with van der Waals surface area (Å²) in [6.07, 6.45) is -4.21. The fraction of sp³-hybridized carbons (Fsp3) is 0.227. The molecule has 0 unspecified atom stereocenters. The van der Waals surface area contributed by atoms with Gasteiger partial charge in [-0.05, 0) is 50.1 Å². The molecular weight excluding hydrogens is 411 g/mol. The second-order valence-corrected chi connectivity index (χ2v) is 7.19. The molecule has 162 valence electrons. The first-order valence-corrected chi connectivity index (χ1v) is 9.31.